The summed E-state index contributed by atoms with van der Waals surface area (Å²) in [5.41, 5.74) is 4.35. The van der Waals surface area contributed by atoms with Gasteiger partial charge in [-0.15, -0.1) is 11.3 Å². The Kier molecular flexibility index (Phi) is 6.87. The van der Waals surface area contributed by atoms with Crippen molar-refractivity contribution in [3.8, 4) is 11.1 Å². The molecular weight excluding hydrogens is 576 g/mol. The summed E-state index contributed by atoms with van der Waals surface area (Å²) in [6.45, 7) is 2.90. The maximum absolute atomic E-state index is 13.8. The molecule has 1 atom stereocenters. The van der Waals surface area contributed by atoms with Crippen molar-refractivity contribution < 1.29 is 35.9 Å². The van der Waals surface area contributed by atoms with Crippen LogP contribution in [0.2, 0.25) is 0 Å². The van der Waals surface area contributed by atoms with E-state index in [0.717, 1.165) is 16.8 Å². The highest BCUT2D eigenvalue weighted by Crippen LogP contribution is 2.45. The summed E-state index contributed by atoms with van der Waals surface area (Å²) in [6.07, 6.45) is -6.71. The molecule has 0 bridgehead atoms. The van der Waals surface area contributed by atoms with Crippen molar-refractivity contribution in [2.45, 2.75) is 51.5 Å². The SMILES string of the molecule is Cc1c(-c2cc(C(F)(F)F)nc3sc(C(N)=O)c(NC(=O)C(C)Cn4nc(C(F)(F)F)cc4C4CC4)c23)cnn1C. The summed E-state index contributed by atoms with van der Waals surface area (Å²) < 4.78 is 83.8. The molecule has 4 heterocycles. The number of fused-ring (bicyclic) bond motifs is 1. The van der Waals surface area contributed by atoms with Crippen molar-refractivity contribution in [2.24, 2.45) is 18.7 Å². The van der Waals surface area contributed by atoms with Crippen LogP contribution in [-0.4, -0.2) is 36.4 Å². The minimum atomic E-state index is -4.81. The van der Waals surface area contributed by atoms with Crippen LogP contribution >= 0.6 is 11.3 Å². The fourth-order valence-electron chi connectivity index (χ4n) is 4.52. The van der Waals surface area contributed by atoms with Gasteiger partial charge in [0.05, 0.1) is 24.3 Å². The summed E-state index contributed by atoms with van der Waals surface area (Å²) in [5.74, 6) is -2.74. The molecule has 3 N–H and O–H groups in total. The van der Waals surface area contributed by atoms with Gasteiger partial charge in [-0.3, -0.25) is 19.0 Å². The lowest BCUT2D eigenvalue weighted by Gasteiger charge is -2.16. The van der Waals surface area contributed by atoms with Gasteiger partial charge in [0.1, 0.15) is 15.4 Å². The summed E-state index contributed by atoms with van der Waals surface area (Å²) >= 11 is 0.592. The van der Waals surface area contributed by atoms with Crippen LogP contribution in [0.4, 0.5) is 32.0 Å². The third-order valence-corrected chi connectivity index (χ3v) is 8.04. The zero-order chi connectivity index (χ0) is 30.0. The summed E-state index contributed by atoms with van der Waals surface area (Å²) in [7, 11) is 1.60. The average molecular weight is 600 g/mol. The number of hydrogen-bond acceptors (Lipinski definition) is 6. The second-order valence-electron chi connectivity index (χ2n) is 9.97. The van der Waals surface area contributed by atoms with Gasteiger partial charge < -0.3 is 11.1 Å². The number of aryl methyl sites for hydroxylation is 1. The fraction of sp³-hybridized carbons (Fsp3) is 0.400. The number of nitrogens with two attached hydrogens (primary N) is 1. The number of pyridine rings is 1. The number of halogens is 6. The molecular formula is C25H23F6N7O2S. The van der Waals surface area contributed by atoms with E-state index in [0.29, 0.717) is 41.1 Å². The van der Waals surface area contributed by atoms with Gasteiger partial charge in [-0.2, -0.15) is 36.5 Å². The van der Waals surface area contributed by atoms with Crippen LogP contribution in [0.3, 0.4) is 0 Å². The predicted molar refractivity (Wildman–Crippen MR) is 137 cm³/mol. The number of carbonyl (C=O) groups is 2. The molecule has 0 spiro atoms. The molecule has 4 aromatic heterocycles. The van der Waals surface area contributed by atoms with Crippen LogP contribution in [-0.2, 0) is 30.7 Å². The van der Waals surface area contributed by atoms with Crippen molar-refractivity contribution in [3.05, 3.63) is 46.0 Å². The number of hydrogen-bond donors (Lipinski definition) is 2. The van der Waals surface area contributed by atoms with Gasteiger partial charge in [-0.05, 0) is 37.5 Å². The highest BCUT2D eigenvalue weighted by Gasteiger charge is 2.39. The predicted octanol–water partition coefficient (Wildman–Crippen LogP) is 5.49. The molecule has 0 saturated heterocycles. The Morgan fingerprint density at radius 2 is 1.78 bits per heavy atom. The molecule has 0 aliphatic heterocycles. The van der Waals surface area contributed by atoms with E-state index in [1.807, 2.05) is 0 Å². The summed E-state index contributed by atoms with van der Waals surface area (Å²) in [5, 5.41) is 10.4. The van der Waals surface area contributed by atoms with E-state index < -0.39 is 41.5 Å². The van der Waals surface area contributed by atoms with E-state index in [2.05, 4.69) is 20.5 Å². The first-order valence-corrected chi connectivity index (χ1v) is 13.2. The lowest BCUT2D eigenvalue weighted by atomic mass is 10.0. The van der Waals surface area contributed by atoms with Gasteiger partial charge in [0, 0.05) is 35.3 Å². The molecule has 4 aromatic rings. The first kappa shape index (κ1) is 28.6. The molecule has 1 unspecified atom stereocenters. The van der Waals surface area contributed by atoms with E-state index in [1.165, 1.54) is 17.8 Å². The normalized spacial score (nSPS) is 15.0. The quantitative estimate of drug-likeness (QED) is 0.272. The average Bonchev–Trinajstić information content (AvgIpc) is 3.38. The van der Waals surface area contributed by atoms with Crippen LogP contribution < -0.4 is 11.1 Å². The molecule has 1 aliphatic carbocycles. The van der Waals surface area contributed by atoms with Gasteiger partial charge >= 0.3 is 12.4 Å². The second kappa shape index (κ2) is 9.85. The van der Waals surface area contributed by atoms with E-state index in [4.69, 9.17) is 5.73 Å². The Balaban J connectivity index is 1.57. The Labute approximate surface area is 232 Å². The maximum Gasteiger partial charge on any atom is 0.435 e. The number of nitrogens with zero attached hydrogens (tertiary/aromatic N) is 5. The molecule has 1 aliphatic rings. The highest BCUT2D eigenvalue weighted by molar-refractivity contribution is 7.21. The molecule has 0 radical (unpaired) electrons. The van der Waals surface area contributed by atoms with Crippen LogP contribution in [0.1, 0.15) is 58.1 Å². The zero-order valence-corrected chi connectivity index (χ0v) is 22.6. The lowest BCUT2D eigenvalue weighted by Crippen LogP contribution is -2.26. The number of anilines is 1. The van der Waals surface area contributed by atoms with E-state index >= 15 is 0 Å². The number of amides is 2. The Bertz CT molecular complexity index is 1680. The smallest absolute Gasteiger partial charge is 0.365 e. The third kappa shape index (κ3) is 5.39. The maximum atomic E-state index is 13.8. The van der Waals surface area contributed by atoms with E-state index in [-0.39, 0.29) is 38.8 Å². The number of thiophene rings is 1. The minimum absolute atomic E-state index is 0.0255. The third-order valence-electron chi connectivity index (χ3n) is 6.94. The summed E-state index contributed by atoms with van der Waals surface area (Å²) in [4.78, 5) is 29.0. The Morgan fingerprint density at radius 1 is 1.12 bits per heavy atom. The number of aromatic nitrogens is 5. The van der Waals surface area contributed by atoms with Gasteiger partial charge in [0.2, 0.25) is 5.91 Å². The molecule has 218 valence electrons. The van der Waals surface area contributed by atoms with Crippen LogP contribution in [0.15, 0.2) is 18.3 Å². The van der Waals surface area contributed by atoms with E-state index in [1.54, 1.807) is 14.0 Å². The van der Waals surface area contributed by atoms with E-state index in [9.17, 15) is 35.9 Å². The molecule has 16 heteroatoms. The van der Waals surface area contributed by atoms with Crippen LogP contribution in [0.25, 0.3) is 21.3 Å². The highest BCUT2D eigenvalue weighted by atomic mass is 32.1. The lowest BCUT2D eigenvalue weighted by molar-refractivity contribution is -0.142. The van der Waals surface area contributed by atoms with Gasteiger partial charge in [0.15, 0.2) is 5.69 Å². The van der Waals surface area contributed by atoms with Gasteiger partial charge in [-0.1, -0.05) is 6.92 Å². The first-order valence-electron chi connectivity index (χ1n) is 12.4. The van der Waals surface area contributed by atoms with Crippen molar-refractivity contribution in [3.63, 3.8) is 0 Å². The molecule has 41 heavy (non-hydrogen) atoms. The van der Waals surface area contributed by atoms with Crippen molar-refractivity contribution in [2.75, 3.05) is 5.32 Å². The van der Waals surface area contributed by atoms with Gasteiger partial charge in [0.25, 0.3) is 5.91 Å². The van der Waals surface area contributed by atoms with Gasteiger partial charge in [-0.25, -0.2) is 4.98 Å². The topological polar surface area (TPSA) is 121 Å². The Morgan fingerprint density at radius 3 is 2.32 bits per heavy atom. The summed E-state index contributed by atoms with van der Waals surface area (Å²) in [6, 6.07) is 1.79. The first-order chi connectivity index (χ1) is 19.1. The molecule has 1 saturated carbocycles. The fourth-order valence-corrected chi connectivity index (χ4v) is 5.53. The number of rotatable bonds is 7. The molecule has 9 nitrogen and oxygen atoms in total. The molecule has 0 aromatic carbocycles. The molecule has 1 fully saturated rings. The zero-order valence-electron chi connectivity index (χ0n) is 21.8. The Hall–Kier alpha value is -3.95. The minimum Gasteiger partial charge on any atom is -0.365 e. The van der Waals surface area contributed by atoms with Crippen LogP contribution in [0, 0.1) is 12.8 Å². The van der Waals surface area contributed by atoms with Crippen molar-refractivity contribution in [1.82, 2.24) is 24.5 Å². The number of carbonyl (C=O) groups excluding carboxylic acids is 2. The number of alkyl halides is 6. The standard InChI is InChI=1S/C25H23F6N7O2S/c1-10(9-38-15(12-4-5-12)7-17(36-38)25(29,30)31)22(40)35-19-18-13(14-8-33-37(3)11(14)2)6-16(24(26,27)28)34-23(18)41-20(19)21(32)39/h6-8,10,12H,4-5,9H2,1-3H3,(H2,32,39)(H,35,40). The number of nitrogens with one attached hydrogen (secondary N) is 1. The largest absolute Gasteiger partial charge is 0.435 e. The molecule has 2 amide bonds. The molecule has 5 rings (SSSR count). The van der Waals surface area contributed by atoms with Crippen LogP contribution in [0.5, 0.6) is 0 Å². The van der Waals surface area contributed by atoms with Crippen molar-refractivity contribution in [1.29, 1.82) is 0 Å². The second-order valence-corrected chi connectivity index (χ2v) is 11.0. The monoisotopic (exact) mass is 599 g/mol. The number of primary amides is 1. The van der Waals surface area contributed by atoms with Crippen molar-refractivity contribution >= 4 is 39.1 Å².